The van der Waals surface area contributed by atoms with Crippen LogP contribution in [0.2, 0.25) is 0 Å². The Kier molecular flexibility index (Phi) is 3.69. The van der Waals surface area contributed by atoms with E-state index in [1.165, 1.54) is 10.5 Å². The van der Waals surface area contributed by atoms with E-state index in [-0.39, 0.29) is 0 Å². The van der Waals surface area contributed by atoms with Gasteiger partial charge >= 0.3 is 0 Å². The van der Waals surface area contributed by atoms with Gasteiger partial charge in [-0.3, -0.25) is 4.79 Å². The molecule has 3 rings (SSSR count). The maximum atomic E-state index is 11.9. The van der Waals surface area contributed by atoms with Gasteiger partial charge in [0.15, 0.2) is 5.78 Å². The molecule has 96 valence electrons. The highest BCUT2D eigenvalue weighted by atomic mass is 32.2. The molecule has 1 fully saturated rings. The molecule has 19 heavy (non-hydrogen) atoms. The van der Waals surface area contributed by atoms with E-state index in [0.717, 1.165) is 24.2 Å². The van der Waals surface area contributed by atoms with Crippen molar-refractivity contribution >= 4 is 17.5 Å². The number of carbonyl (C=O) groups is 1. The van der Waals surface area contributed by atoms with Crippen molar-refractivity contribution in [2.24, 2.45) is 5.92 Å². The van der Waals surface area contributed by atoms with Gasteiger partial charge in [0.25, 0.3) is 0 Å². The highest BCUT2D eigenvalue weighted by Crippen LogP contribution is 2.33. The van der Waals surface area contributed by atoms with E-state index in [4.69, 9.17) is 0 Å². The summed E-state index contributed by atoms with van der Waals surface area (Å²) in [5.74, 6) is 1.60. The fourth-order valence-corrected chi connectivity index (χ4v) is 2.89. The zero-order chi connectivity index (χ0) is 13.1. The third-order valence-electron chi connectivity index (χ3n) is 3.34. The van der Waals surface area contributed by atoms with Gasteiger partial charge in [-0.1, -0.05) is 42.5 Å². The Labute approximate surface area is 118 Å². The minimum absolute atomic E-state index is 0.308. The highest BCUT2D eigenvalue weighted by molar-refractivity contribution is 7.98. The largest absolute Gasteiger partial charge is 0.294 e. The lowest BCUT2D eigenvalue weighted by molar-refractivity contribution is 0.0967. The molecule has 0 saturated heterocycles. The molecule has 0 aliphatic heterocycles. The number of hydrogen-bond donors (Lipinski definition) is 0. The summed E-state index contributed by atoms with van der Waals surface area (Å²) in [6.45, 7) is 0. The van der Waals surface area contributed by atoms with Gasteiger partial charge in [-0.2, -0.15) is 0 Å². The summed E-state index contributed by atoms with van der Waals surface area (Å²) >= 11 is 1.81. The van der Waals surface area contributed by atoms with Gasteiger partial charge in [-0.15, -0.1) is 11.8 Å². The summed E-state index contributed by atoms with van der Waals surface area (Å²) in [4.78, 5) is 13.1. The lowest BCUT2D eigenvalue weighted by atomic mass is 10.1. The summed E-state index contributed by atoms with van der Waals surface area (Å²) in [6.07, 6.45) is 2.15. The Morgan fingerprint density at radius 1 is 1.00 bits per heavy atom. The molecule has 0 amide bonds. The molecule has 0 atom stereocenters. The van der Waals surface area contributed by atoms with Crippen molar-refractivity contribution in [2.45, 2.75) is 23.5 Å². The molecule has 0 spiro atoms. The quantitative estimate of drug-likeness (QED) is 0.583. The average Bonchev–Trinajstić information content (AvgIpc) is 3.31. The fourth-order valence-electron chi connectivity index (χ4n) is 2.04. The summed E-state index contributed by atoms with van der Waals surface area (Å²) < 4.78 is 0. The molecule has 1 aliphatic carbocycles. The molecule has 1 saturated carbocycles. The Morgan fingerprint density at radius 2 is 1.68 bits per heavy atom. The minimum Gasteiger partial charge on any atom is -0.294 e. The SMILES string of the molecule is O=C(c1ccc(SCc2ccccc2)cc1)C1CC1. The number of carbonyl (C=O) groups excluding carboxylic acids is 1. The number of rotatable bonds is 5. The van der Waals surface area contributed by atoms with Crippen LogP contribution in [0, 0.1) is 5.92 Å². The molecule has 0 bridgehead atoms. The molecule has 0 unspecified atom stereocenters. The number of Topliss-reactive ketones (excluding diaryl/α,β-unsaturated/α-hetero) is 1. The van der Waals surface area contributed by atoms with Crippen molar-refractivity contribution in [2.75, 3.05) is 0 Å². The summed E-state index contributed by atoms with van der Waals surface area (Å²) in [7, 11) is 0. The molecular weight excluding hydrogens is 252 g/mol. The van der Waals surface area contributed by atoms with E-state index < -0.39 is 0 Å². The van der Waals surface area contributed by atoms with Crippen LogP contribution in [0.5, 0.6) is 0 Å². The van der Waals surface area contributed by atoms with Crippen LogP contribution in [0.1, 0.15) is 28.8 Å². The fraction of sp³-hybridized carbons (Fsp3) is 0.235. The first-order valence-corrected chi connectivity index (χ1v) is 7.62. The predicted octanol–water partition coefficient (Wildman–Crippen LogP) is 4.57. The molecule has 2 aromatic carbocycles. The highest BCUT2D eigenvalue weighted by Gasteiger charge is 2.30. The summed E-state index contributed by atoms with van der Waals surface area (Å²) in [6, 6.07) is 18.5. The van der Waals surface area contributed by atoms with Crippen LogP contribution in [0.4, 0.5) is 0 Å². The first-order valence-electron chi connectivity index (χ1n) is 6.64. The van der Waals surface area contributed by atoms with Gasteiger partial charge in [0.1, 0.15) is 0 Å². The Balaban J connectivity index is 1.61. The van der Waals surface area contributed by atoms with E-state index in [2.05, 4.69) is 36.4 Å². The smallest absolute Gasteiger partial charge is 0.165 e. The second-order valence-corrected chi connectivity index (χ2v) is 5.99. The molecular formula is C17H16OS. The maximum Gasteiger partial charge on any atom is 0.165 e. The van der Waals surface area contributed by atoms with Crippen LogP contribution < -0.4 is 0 Å². The van der Waals surface area contributed by atoms with Crippen molar-refractivity contribution < 1.29 is 4.79 Å². The molecule has 1 nitrogen and oxygen atoms in total. The van der Waals surface area contributed by atoms with Gasteiger partial charge in [0, 0.05) is 22.1 Å². The second kappa shape index (κ2) is 5.62. The van der Waals surface area contributed by atoms with Crippen molar-refractivity contribution in [1.29, 1.82) is 0 Å². The van der Waals surface area contributed by atoms with Crippen LogP contribution in [0.3, 0.4) is 0 Å². The molecule has 1 aliphatic rings. The zero-order valence-electron chi connectivity index (χ0n) is 10.7. The van der Waals surface area contributed by atoms with Crippen molar-refractivity contribution in [1.82, 2.24) is 0 Å². The maximum absolute atomic E-state index is 11.9. The van der Waals surface area contributed by atoms with E-state index in [9.17, 15) is 4.79 Å². The number of benzene rings is 2. The summed E-state index contributed by atoms with van der Waals surface area (Å²) in [5.41, 5.74) is 2.19. The number of hydrogen-bond acceptors (Lipinski definition) is 2. The topological polar surface area (TPSA) is 17.1 Å². The zero-order valence-corrected chi connectivity index (χ0v) is 11.5. The van der Waals surface area contributed by atoms with Gasteiger partial charge in [0.2, 0.25) is 0 Å². The van der Waals surface area contributed by atoms with E-state index in [0.29, 0.717) is 11.7 Å². The molecule has 0 heterocycles. The Bertz CT molecular complexity index is 556. The van der Waals surface area contributed by atoms with E-state index in [1.54, 1.807) is 11.8 Å². The van der Waals surface area contributed by atoms with Crippen LogP contribution in [-0.4, -0.2) is 5.78 Å². The lowest BCUT2D eigenvalue weighted by Gasteiger charge is -2.03. The monoisotopic (exact) mass is 268 g/mol. The van der Waals surface area contributed by atoms with Crippen LogP contribution in [0.15, 0.2) is 59.5 Å². The lowest BCUT2D eigenvalue weighted by Crippen LogP contribution is -2.00. The standard InChI is InChI=1S/C17H16OS/c18-17(14-6-7-14)15-8-10-16(11-9-15)19-12-13-4-2-1-3-5-13/h1-5,8-11,14H,6-7,12H2. The van der Waals surface area contributed by atoms with Crippen molar-refractivity contribution in [3.63, 3.8) is 0 Å². The van der Waals surface area contributed by atoms with E-state index >= 15 is 0 Å². The van der Waals surface area contributed by atoms with Crippen LogP contribution in [-0.2, 0) is 5.75 Å². The third kappa shape index (κ3) is 3.27. The summed E-state index contributed by atoms with van der Waals surface area (Å²) in [5, 5.41) is 0. The van der Waals surface area contributed by atoms with Gasteiger partial charge in [-0.05, 0) is 30.5 Å². The average molecular weight is 268 g/mol. The predicted molar refractivity (Wildman–Crippen MR) is 79.5 cm³/mol. The third-order valence-corrected chi connectivity index (χ3v) is 4.42. The number of thioether (sulfide) groups is 1. The molecule has 0 aromatic heterocycles. The Morgan fingerprint density at radius 3 is 2.32 bits per heavy atom. The van der Waals surface area contributed by atoms with Gasteiger partial charge in [0.05, 0.1) is 0 Å². The number of ketones is 1. The molecule has 2 aromatic rings. The minimum atomic E-state index is 0.308. The second-order valence-electron chi connectivity index (χ2n) is 4.94. The molecule has 2 heteroatoms. The van der Waals surface area contributed by atoms with Crippen molar-refractivity contribution in [3.8, 4) is 0 Å². The van der Waals surface area contributed by atoms with E-state index in [1.807, 2.05) is 18.2 Å². The van der Waals surface area contributed by atoms with Crippen LogP contribution in [0.25, 0.3) is 0 Å². The normalized spacial score (nSPS) is 14.3. The first kappa shape index (κ1) is 12.5. The van der Waals surface area contributed by atoms with Gasteiger partial charge < -0.3 is 0 Å². The molecule has 0 radical (unpaired) electrons. The molecule has 0 N–H and O–H groups in total. The first-order chi connectivity index (χ1) is 9.33. The van der Waals surface area contributed by atoms with Crippen molar-refractivity contribution in [3.05, 3.63) is 65.7 Å². The van der Waals surface area contributed by atoms with Crippen LogP contribution >= 0.6 is 11.8 Å². The van der Waals surface area contributed by atoms with Gasteiger partial charge in [-0.25, -0.2) is 0 Å². The Hall–Kier alpha value is -1.54.